The fourth-order valence-corrected chi connectivity index (χ4v) is 12.1. The van der Waals surface area contributed by atoms with Crippen LogP contribution >= 0.6 is 0 Å². The Balaban J connectivity index is 1.09. The first-order valence-electron chi connectivity index (χ1n) is 26.1. The Labute approximate surface area is 439 Å². The molecule has 0 saturated heterocycles. The van der Waals surface area contributed by atoms with E-state index in [1.165, 1.54) is 21.7 Å². The summed E-state index contributed by atoms with van der Waals surface area (Å²) in [4.78, 5) is 9.69. The van der Waals surface area contributed by atoms with Crippen molar-refractivity contribution < 1.29 is 8.83 Å². The van der Waals surface area contributed by atoms with E-state index in [0.29, 0.717) is 0 Å². The molecule has 12 aromatic carbocycles. The van der Waals surface area contributed by atoms with Crippen LogP contribution in [0.25, 0.3) is 109 Å². The highest BCUT2D eigenvalue weighted by atomic mass is 16.3. The summed E-state index contributed by atoms with van der Waals surface area (Å²) in [5.74, 6) is 0. The minimum Gasteiger partial charge on any atom is -0.456 e. The highest BCUT2D eigenvalue weighted by molar-refractivity contribution is 6.38. The average molecular weight is 976 g/mol. The zero-order chi connectivity index (χ0) is 50.6. The number of rotatable bonds is 8. The van der Waals surface area contributed by atoms with Crippen LogP contribution in [0.2, 0.25) is 0 Å². The van der Waals surface area contributed by atoms with E-state index in [9.17, 15) is 0 Å². The van der Waals surface area contributed by atoms with Gasteiger partial charge in [0.1, 0.15) is 22.3 Å². The first-order valence-corrected chi connectivity index (χ1v) is 26.1. The molecule has 0 aliphatic rings. The SMILES string of the molecule is CC(C)(C)c1ccc2c3cc(N(c4ccccc4)c4cc5ccccc5c5ccccc45)cc4oc5c(-c6ccccn6)ccc(c6cc(N(c7ccccc7)c7ccc(-c8ccccc8)cc7)cc7oc1c2c76)c5c43. The molecular weight excluding hydrogens is 927 g/mol. The molecule has 0 aliphatic carbocycles. The molecule has 76 heavy (non-hydrogen) atoms. The fourth-order valence-electron chi connectivity index (χ4n) is 12.1. The number of para-hydroxylation sites is 2. The average Bonchev–Trinajstić information content (AvgIpc) is 4.06. The summed E-state index contributed by atoms with van der Waals surface area (Å²) in [6.45, 7) is 6.84. The van der Waals surface area contributed by atoms with Gasteiger partial charge >= 0.3 is 0 Å². The van der Waals surface area contributed by atoms with Gasteiger partial charge in [-0.15, -0.1) is 0 Å². The number of aromatic nitrogens is 1. The van der Waals surface area contributed by atoms with Gasteiger partial charge in [0.25, 0.3) is 0 Å². The third-order valence-corrected chi connectivity index (χ3v) is 15.5. The van der Waals surface area contributed by atoms with Crippen LogP contribution in [0.15, 0.2) is 252 Å². The maximum atomic E-state index is 7.48. The Morgan fingerprint density at radius 3 is 1.54 bits per heavy atom. The molecule has 15 rings (SSSR count). The van der Waals surface area contributed by atoms with Gasteiger partial charge in [-0.3, -0.25) is 4.98 Å². The minimum atomic E-state index is -0.231. The molecule has 0 saturated carbocycles. The Bertz CT molecular complexity index is 4710. The largest absolute Gasteiger partial charge is 0.456 e. The molecule has 0 unspecified atom stereocenters. The van der Waals surface area contributed by atoms with E-state index in [0.717, 1.165) is 127 Å². The maximum Gasteiger partial charge on any atom is 0.145 e. The third kappa shape index (κ3) is 6.82. The van der Waals surface area contributed by atoms with Crippen molar-refractivity contribution in [3.05, 3.63) is 248 Å². The Hall–Kier alpha value is -9.71. The Morgan fingerprint density at radius 2 is 0.882 bits per heavy atom. The lowest BCUT2D eigenvalue weighted by molar-refractivity contribution is 0.573. The summed E-state index contributed by atoms with van der Waals surface area (Å²) in [6, 6.07) is 85.1. The summed E-state index contributed by atoms with van der Waals surface area (Å²) in [5, 5.41) is 13.3. The van der Waals surface area contributed by atoms with Crippen molar-refractivity contribution in [2.45, 2.75) is 26.2 Å². The first kappa shape index (κ1) is 43.8. The molecule has 3 heterocycles. The van der Waals surface area contributed by atoms with Crippen LogP contribution in [0.1, 0.15) is 26.3 Å². The van der Waals surface area contributed by atoms with Gasteiger partial charge in [0.2, 0.25) is 0 Å². The van der Waals surface area contributed by atoms with E-state index < -0.39 is 0 Å². The van der Waals surface area contributed by atoms with Gasteiger partial charge in [-0.25, -0.2) is 0 Å². The van der Waals surface area contributed by atoms with Gasteiger partial charge in [0.05, 0.1) is 22.8 Å². The van der Waals surface area contributed by atoms with E-state index in [2.05, 4.69) is 255 Å². The zero-order valence-electron chi connectivity index (χ0n) is 42.3. The number of hydrogen-bond donors (Lipinski definition) is 0. The summed E-state index contributed by atoms with van der Waals surface area (Å²) < 4.78 is 14.9. The normalized spacial score (nSPS) is 12.1. The van der Waals surface area contributed by atoms with Gasteiger partial charge in [-0.2, -0.15) is 0 Å². The summed E-state index contributed by atoms with van der Waals surface area (Å²) in [5.41, 5.74) is 14.5. The molecule has 0 spiro atoms. The lowest BCUT2D eigenvalue weighted by Crippen LogP contribution is -2.11. The number of fused-ring (bicyclic) bond motifs is 5. The molecule has 0 bridgehead atoms. The van der Waals surface area contributed by atoms with Crippen molar-refractivity contribution in [2.24, 2.45) is 0 Å². The van der Waals surface area contributed by atoms with Crippen molar-refractivity contribution in [1.82, 2.24) is 4.98 Å². The molecule has 0 fully saturated rings. The highest BCUT2D eigenvalue weighted by Gasteiger charge is 2.29. The van der Waals surface area contributed by atoms with Crippen molar-refractivity contribution >= 4 is 121 Å². The molecule has 15 aromatic rings. The molecule has 0 aliphatic heterocycles. The second-order valence-electron chi connectivity index (χ2n) is 21.0. The van der Waals surface area contributed by atoms with Gasteiger partial charge in [-0.1, -0.05) is 172 Å². The number of hydrogen-bond acceptors (Lipinski definition) is 5. The quantitative estimate of drug-likeness (QED) is 0.142. The molecule has 5 nitrogen and oxygen atoms in total. The van der Waals surface area contributed by atoms with Crippen molar-refractivity contribution in [2.75, 3.05) is 9.80 Å². The fraction of sp³-hybridized carbons (Fsp3) is 0.0563. The predicted octanol–water partition coefficient (Wildman–Crippen LogP) is 20.5. The Morgan fingerprint density at radius 1 is 0.355 bits per heavy atom. The first-order chi connectivity index (χ1) is 37.3. The zero-order valence-corrected chi connectivity index (χ0v) is 42.3. The lowest BCUT2D eigenvalue weighted by Gasteiger charge is -2.28. The monoisotopic (exact) mass is 975 g/mol. The number of pyridine rings is 1. The topological polar surface area (TPSA) is 45.7 Å². The minimum absolute atomic E-state index is 0.231. The van der Waals surface area contributed by atoms with Gasteiger partial charge < -0.3 is 18.6 Å². The second-order valence-corrected chi connectivity index (χ2v) is 21.0. The van der Waals surface area contributed by atoms with Crippen LogP contribution in [-0.4, -0.2) is 4.98 Å². The smallest absolute Gasteiger partial charge is 0.145 e. The van der Waals surface area contributed by atoms with Crippen LogP contribution in [-0.2, 0) is 5.41 Å². The molecule has 0 amide bonds. The molecule has 360 valence electrons. The second kappa shape index (κ2) is 16.9. The lowest BCUT2D eigenvalue weighted by atomic mass is 9.84. The van der Waals surface area contributed by atoms with E-state index in [4.69, 9.17) is 13.8 Å². The van der Waals surface area contributed by atoms with Crippen molar-refractivity contribution in [3.8, 4) is 22.4 Å². The van der Waals surface area contributed by atoms with Crippen LogP contribution in [0, 0.1) is 0 Å². The highest BCUT2D eigenvalue weighted by Crippen LogP contribution is 2.53. The number of furan rings is 2. The third-order valence-electron chi connectivity index (χ3n) is 15.5. The standard InChI is InChI=1S/C71H49N3O2/c1-71(2,3)60-37-36-56-59-41-51(74(48-24-11-6-12-25-48)62-39-46-21-13-14-26-52(46)53-27-15-16-28-54(53)62)43-63-65(59)67-55(34-35-57(69(67)75-63)61-29-17-18-38-72-61)58-40-50(42-64-66(58)68(56)70(60)76-64)73(47-22-9-5-10-23-47)49-32-30-45(31-33-49)44-19-7-4-8-20-44/h4-43H,1-3H3. The van der Waals surface area contributed by atoms with Crippen molar-refractivity contribution in [1.29, 1.82) is 0 Å². The van der Waals surface area contributed by atoms with E-state index in [1.807, 2.05) is 18.3 Å². The van der Waals surface area contributed by atoms with Crippen LogP contribution < -0.4 is 9.80 Å². The Kier molecular flexibility index (Phi) is 9.76. The van der Waals surface area contributed by atoms with Crippen LogP contribution in [0.3, 0.4) is 0 Å². The van der Waals surface area contributed by atoms with Crippen LogP contribution in [0.5, 0.6) is 0 Å². The number of benzene rings is 11. The number of anilines is 6. The molecule has 0 radical (unpaired) electrons. The predicted molar refractivity (Wildman–Crippen MR) is 319 cm³/mol. The summed E-state index contributed by atoms with van der Waals surface area (Å²) in [6.07, 6.45) is 1.86. The molecule has 3 aromatic heterocycles. The van der Waals surface area contributed by atoms with E-state index in [-0.39, 0.29) is 5.41 Å². The molecule has 5 heteroatoms. The van der Waals surface area contributed by atoms with Crippen LogP contribution in [0.4, 0.5) is 34.1 Å². The van der Waals surface area contributed by atoms with Gasteiger partial charge in [0, 0.05) is 73.4 Å². The van der Waals surface area contributed by atoms with E-state index in [1.54, 1.807) is 0 Å². The summed E-state index contributed by atoms with van der Waals surface area (Å²) >= 11 is 0. The molecule has 0 atom stereocenters. The van der Waals surface area contributed by atoms with E-state index >= 15 is 0 Å². The number of nitrogens with zero attached hydrogens (tertiary/aromatic N) is 3. The summed E-state index contributed by atoms with van der Waals surface area (Å²) in [7, 11) is 0. The van der Waals surface area contributed by atoms with Gasteiger partial charge in [0.15, 0.2) is 0 Å². The molecular formula is C71H49N3O2. The van der Waals surface area contributed by atoms with Crippen molar-refractivity contribution in [3.63, 3.8) is 0 Å². The maximum absolute atomic E-state index is 7.48. The molecule has 0 N–H and O–H groups in total. The van der Waals surface area contributed by atoms with Gasteiger partial charge in [-0.05, 0) is 127 Å².